The predicted molar refractivity (Wildman–Crippen MR) is 94.8 cm³/mol. The lowest BCUT2D eigenvalue weighted by Gasteiger charge is -2.29. The quantitative estimate of drug-likeness (QED) is 0.884. The maximum absolute atomic E-state index is 12.9. The van der Waals surface area contributed by atoms with Crippen molar-refractivity contribution in [3.63, 3.8) is 0 Å². The van der Waals surface area contributed by atoms with Crippen LogP contribution in [0.15, 0.2) is 58.3 Å². The van der Waals surface area contributed by atoms with Crippen LogP contribution in [0.1, 0.15) is 30.2 Å². The molecule has 1 N–H and O–H groups in total. The second kappa shape index (κ2) is 6.99. The van der Waals surface area contributed by atoms with Crippen LogP contribution in [0, 0.1) is 6.92 Å². The minimum atomic E-state index is -1.25. The lowest BCUT2D eigenvalue weighted by atomic mass is 9.98. The maximum atomic E-state index is 12.9. The topological polar surface area (TPSA) is 37.3 Å². The first-order valence-corrected chi connectivity index (χ1v) is 9.61. The van der Waals surface area contributed by atoms with Gasteiger partial charge < -0.3 is 5.11 Å². The first-order chi connectivity index (χ1) is 10.3. The molecule has 0 aliphatic heterocycles. The van der Waals surface area contributed by atoms with E-state index >= 15 is 0 Å². The average molecular weight is 335 g/mol. The van der Waals surface area contributed by atoms with Crippen LogP contribution in [0.25, 0.3) is 0 Å². The van der Waals surface area contributed by atoms with Gasteiger partial charge in [0.05, 0.1) is 21.7 Å². The van der Waals surface area contributed by atoms with Gasteiger partial charge in [0.2, 0.25) is 0 Å². The first-order valence-electron chi connectivity index (χ1n) is 7.17. The van der Waals surface area contributed by atoms with E-state index < -0.39 is 16.4 Å². The van der Waals surface area contributed by atoms with Gasteiger partial charge in [0, 0.05) is 9.79 Å². The van der Waals surface area contributed by atoms with E-state index in [2.05, 4.69) is 0 Å². The van der Waals surface area contributed by atoms with Gasteiger partial charge in [-0.25, -0.2) is 4.21 Å². The number of aliphatic hydroxyl groups is 1. The molecule has 0 spiro atoms. The van der Waals surface area contributed by atoms with Crippen LogP contribution in [-0.4, -0.2) is 21.2 Å². The molecule has 0 amide bonds. The number of aryl methyl sites for hydroxylation is 1. The molecule has 0 aromatic heterocycles. The van der Waals surface area contributed by atoms with E-state index in [0.717, 1.165) is 20.9 Å². The molecule has 2 nitrogen and oxygen atoms in total. The minimum Gasteiger partial charge on any atom is -0.389 e. The van der Waals surface area contributed by atoms with Crippen molar-refractivity contribution in [3.05, 3.63) is 59.7 Å². The zero-order valence-electron chi connectivity index (χ0n) is 13.4. The molecule has 2 aromatic carbocycles. The van der Waals surface area contributed by atoms with Crippen molar-refractivity contribution in [2.24, 2.45) is 0 Å². The summed E-state index contributed by atoms with van der Waals surface area (Å²) in [4.78, 5) is 1.56. The normalized spacial score (nSPS) is 14.6. The third-order valence-electron chi connectivity index (χ3n) is 3.51. The summed E-state index contributed by atoms with van der Waals surface area (Å²) in [6.07, 6.45) is 1.97. The third-order valence-corrected chi connectivity index (χ3v) is 6.29. The molecule has 0 heterocycles. The molecular formula is C18H22O2S2. The van der Waals surface area contributed by atoms with Crippen LogP contribution in [0.5, 0.6) is 0 Å². The molecule has 0 unspecified atom stereocenters. The number of benzene rings is 2. The predicted octanol–water partition coefficient (Wildman–Crippen LogP) is 4.34. The monoisotopic (exact) mass is 334 g/mol. The van der Waals surface area contributed by atoms with Gasteiger partial charge in [-0.3, -0.25) is 0 Å². The van der Waals surface area contributed by atoms with E-state index in [4.69, 9.17) is 0 Å². The summed E-state index contributed by atoms with van der Waals surface area (Å²) in [6, 6.07) is 15.4. The summed E-state index contributed by atoms with van der Waals surface area (Å²) in [6.45, 7) is 5.60. The van der Waals surface area contributed by atoms with Crippen LogP contribution in [0.3, 0.4) is 0 Å². The fourth-order valence-corrected chi connectivity index (χ4v) is 4.80. The van der Waals surface area contributed by atoms with E-state index in [-0.39, 0.29) is 5.25 Å². The molecule has 2 rings (SSSR count). The fraction of sp³-hybridized carbons (Fsp3) is 0.333. The van der Waals surface area contributed by atoms with Crippen molar-refractivity contribution in [2.75, 3.05) is 6.26 Å². The van der Waals surface area contributed by atoms with Gasteiger partial charge in [-0.05, 0) is 50.8 Å². The molecule has 0 aliphatic carbocycles. The molecule has 0 saturated heterocycles. The average Bonchev–Trinajstić information content (AvgIpc) is 2.47. The van der Waals surface area contributed by atoms with Gasteiger partial charge in [-0.1, -0.05) is 35.9 Å². The Morgan fingerprint density at radius 3 is 2.23 bits per heavy atom. The highest BCUT2D eigenvalue weighted by molar-refractivity contribution is 7.99. The number of rotatable bonds is 5. The summed E-state index contributed by atoms with van der Waals surface area (Å²) >= 11 is 1.57. The number of hydrogen-bond acceptors (Lipinski definition) is 3. The molecular weight excluding hydrogens is 312 g/mol. The maximum Gasteiger partial charge on any atom is 0.0852 e. The zero-order chi connectivity index (χ0) is 16.3. The molecule has 0 bridgehead atoms. The standard InChI is InChI=1S/C18H22O2S2/c1-13-9-11-14(12-10-13)22(20)16-8-6-5-7-15(16)17(21-4)18(2,3)19/h5-12,17,19H,1-4H3/t17-,22+/m1/s1. The smallest absolute Gasteiger partial charge is 0.0852 e. The Morgan fingerprint density at radius 2 is 1.68 bits per heavy atom. The molecule has 4 heteroatoms. The van der Waals surface area contributed by atoms with Crippen molar-refractivity contribution < 1.29 is 9.32 Å². The molecule has 22 heavy (non-hydrogen) atoms. The van der Waals surface area contributed by atoms with Crippen molar-refractivity contribution in [3.8, 4) is 0 Å². The molecule has 118 valence electrons. The molecule has 0 radical (unpaired) electrons. The van der Waals surface area contributed by atoms with Crippen LogP contribution >= 0.6 is 11.8 Å². The Balaban J connectivity index is 2.48. The second-order valence-corrected chi connectivity index (χ2v) is 8.28. The van der Waals surface area contributed by atoms with Crippen molar-refractivity contribution in [2.45, 2.75) is 41.4 Å². The van der Waals surface area contributed by atoms with Gasteiger partial charge in [0.25, 0.3) is 0 Å². The lowest BCUT2D eigenvalue weighted by Crippen LogP contribution is -2.27. The highest BCUT2D eigenvalue weighted by Crippen LogP contribution is 2.40. The van der Waals surface area contributed by atoms with E-state index in [1.54, 1.807) is 25.6 Å². The summed E-state index contributed by atoms with van der Waals surface area (Å²) < 4.78 is 12.9. The Kier molecular flexibility index (Phi) is 5.48. The van der Waals surface area contributed by atoms with Crippen molar-refractivity contribution in [1.29, 1.82) is 0 Å². The van der Waals surface area contributed by atoms with Gasteiger partial charge in [-0.2, -0.15) is 11.8 Å². The highest BCUT2D eigenvalue weighted by Gasteiger charge is 2.30. The molecule has 0 aliphatic rings. The summed E-state index contributed by atoms with van der Waals surface area (Å²) in [5.41, 5.74) is 1.20. The fourth-order valence-electron chi connectivity index (χ4n) is 2.45. The minimum absolute atomic E-state index is 0.127. The molecule has 0 fully saturated rings. The highest BCUT2D eigenvalue weighted by atomic mass is 32.2. The summed E-state index contributed by atoms with van der Waals surface area (Å²) in [5.74, 6) is 0. The largest absolute Gasteiger partial charge is 0.389 e. The molecule has 0 saturated carbocycles. The van der Waals surface area contributed by atoms with Crippen LogP contribution < -0.4 is 0 Å². The molecule has 2 atom stereocenters. The van der Waals surface area contributed by atoms with Crippen LogP contribution in [-0.2, 0) is 10.8 Å². The summed E-state index contributed by atoms with van der Waals surface area (Å²) in [7, 11) is -1.25. The van der Waals surface area contributed by atoms with Gasteiger partial charge in [-0.15, -0.1) is 0 Å². The lowest BCUT2D eigenvalue weighted by molar-refractivity contribution is 0.0771. The van der Waals surface area contributed by atoms with E-state index in [0.29, 0.717) is 0 Å². The Morgan fingerprint density at radius 1 is 1.09 bits per heavy atom. The Labute approximate surface area is 139 Å². The van der Waals surface area contributed by atoms with E-state index in [1.807, 2.05) is 61.7 Å². The Bertz CT molecular complexity index is 658. The van der Waals surface area contributed by atoms with Gasteiger partial charge >= 0.3 is 0 Å². The first kappa shape index (κ1) is 17.3. The van der Waals surface area contributed by atoms with Crippen molar-refractivity contribution in [1.82, 2.24) is 0 Å². The van der Waals surface area contributed by atoms with Gasteiger partial charge in [0.15, 0.2) is 0 Å². The van der Waals surface area contributed by atoms with Crippen LogP contribution in [0.4, 0.5) is 0 Å². The number of hydrogen-bond donors (Lipinski definition) is 1. The zero-order valence-corrected chi connectivity index (χ0v) is 15.0. The van der Waals surface area contributed by atoms with Gasteiger partial charge in [0.1, 0.15) is 0 Å². The second-order valence-electron chi connectivity index (χ2n) is 5.89. The van der Waals surface area contributed by atoms with Crippen molar-refractivity contribution >= 4 is 22.6 Å². The van der Waals surface area contributed by atoms with E-state index in [9.17, 15) is 9.32 Å². The SMILES string of the molecule is CS[C@H](c1ccccc1[S@@](=O)c1ccc(C)cc1)C(C)(C)O. The summed E-state index contributed by atoms with van der Waals surface area (Å²) in [5, 5.41) is 10.3. The number of thioether (sulfide) groups is 1. The Hall–Kier alpha value is -1.10. The molecule has 2 aromatic rings. The van der Waals surface area contributed by atoms with Crippen LogP contribution in [0.2, 0.25) is 0 Å². The van der Waals surface area contributed by atoms with E-state index in [1.165, 1.54) is 0 Å². The third kappa shape index (κ3) is 3.80.